The molecule has 3 rings (SSSR count). The first-order chi connectivity index (χ1) is 9.33. The van der Waals surface area contributed by atoms with Gasteiger partial charge in [-0.3, -0.25) is 0 Å². The van der Waals surface area contributed by atoms with E-state index in [1.807, 2.05) is 6.07 Å². The molecule has 7 nitrogen and oxygen atoms in total. The van der Waals surface area contributed by atoms with Crippen LogP contribution < -0.4 is 5.73 Å². The average Bonchev–Trinajstić information content (AvgIpc) is 2.48. The van der Waals surface area contributed by atoms with Gasteiger partial charge >= 0.3 is 0 Å². The average molecular weight is 251 g/mol. The van der Waals surface area contributed by atoms with Gasteiger partial charge in [-0.05, 0) is 18.2 Å². The summed E-state index contributed by atoms with van der Waals surface area (Å²) in [5, 5.41) is 0. The zero-order valence-electron chi connectivity index (χ0n) is 9.80. The van der Waals surface area contributed by atoms with Crippen molar-refractivity contribution in [3.8, 4) is 22.8 Å². The van der Waals surface area contributed by atoms with E-state index in [1.165, 1.54) is 25.3 Å². The van der Waals surface area contributed by atoms with Crippen LogP contribution in [0.3, 0.4) is 0 Å². The second kappa shape index (κ2) is 4.73. The van der Waals surface area contributed by atoms with Crippen molar-refractivity contribution >= 4 is 5.69 Å². The van der Waals surface area contributed by atoms with Gasteiger partial charge in [0.1, 0.15) is 25.3 Å². The summed E-state index contributed by atoms with van der Waals surface area (Å²) >= 11 is 0. The van der Waals surface area contributed by atoms with Crippen LogP contribution in [0.25, 0.3) is 22.8 Å². The predicted octanol–water partition coefficient (Wildman–Crippen LogP) is 0.973. The molecule has 19 heavy (non-hydrogen) atoms. The minimum atomic E-state index is 0.553. The van der Waals surface area contributed by atoms with E-state index in [4.69, 9.17) is 5.73 Å². The van der Waals surface area contributed by atoms with E-state index in [-0.39, 0.29) is 0 Å². The lowest BCUT2D eigenvalue weighted by Gasteiger charge is -2.05. The molecule has 2 aromatic heterocycles. The van der Waals surface area contributed by atoms with E-state index in [9.17, 15) is 0 Å². The van der Waals surface area contributed by atoms with Gasteiger partial charge in [-0.25, -0.2) is 29.9 Å². The number of aromatic nitrogens is 6. The number of anilines is 1. The number of nitrogen functional groups attached to an aromatic ring is 1. The first-order valence-electron chi connectivity index (χ1n) is 5.48. The zero-order chi connectivity index (χ0) is 13.1. The molecule has 3 aromatic rings. The van der Waals surface area contributed by atoms with Gasteiger partial charge in [0.15, 0.2) is 11.6 Å². The minimum absolute atomic E-state index is 0.553. The third-order valence-electron chi connectivity index (χ3n) is 2.46. The standard InChI is InChI=1S/C12H9N7/c13-10-2-8(11-16-4-14-5-17-11)1-9(3-10)12-18-6-15-7-19-12/h1-7H,13H2. The fourth-order valence-electron chi connectivity index (χ4n) is 1.69. The Balaban J connectivity index is 2.12. The first-order valence-corrected chi connectivity index (χ1v) is 5.48. The fourth-order valence-corrected chi connectivity index (χ4v) is 1.69. The third kappa shape index (κ3) is 2.34. The predicted molar refractivity (Wildman–Crippen MR) is 68.5 cm³/mol. The molecule has 0 aliphatic rings. The Morgan fingerprint density at radius 1 is 0.632 bits per heavy atom. The van der Waals surface area contributed by atoms with Gasteiger partial charge in [0.05, 0.1) is 0 Å². The number of nitrogens with two attached hydrogens (primary N) is 1. The van der Waals surface area contributed by atoms with Crippen molar-refractivity contribution in [2.45, 2.75) is 0 Å². The van der Waals surface area contributed by atoms with E-state index in [0.717, 1.165) is 11.1 Å². The first kappa shape index (κ1) is 11.1. The summed E-state index contributed by atoms with van der Waals surface area (Å²) < 4.78 is 0. The molecule has 7 heteroatoms. The van der Waals surface area contributed by atoms with Crippen LogP contribution in [0.4, 0.5) is 5.69 Å². The van der Waals surface area contributed by atoms with Crippen molar-refractivity contribution in [3.05, 3.63) is 43.5 Å². The molecule has 0 atom stereocenters. The minimum Gasteiger partial charge on any atom is -0.399 e. The maximum absolute atomic E-state index is 5.89. The lowest BCUT2D eigenvalue weighted by molar-refractivity contribution is 1.05. The van der Waals surface area contributed by atoms with Gasteiger partial charge in [0.25, 0.3) is 0 Å². The summed E-state index contributed by atoms with van der Waals surface area (Å²) in [5.74, 6) is 1.11. The Kier molecular flexibility index (Phi) is 2.77. The molecule has 2 heterocycles. The van der Waals surface area contributed by atoms with E-state index in [1.54, 1.807) is 12.1 Å². The molecular weight excluding hydrogens is 242 g/mol. The van der Waals surface area contributed by atoms with E-state index in [2.05, 4.69) is 29.9 Å². The number of rotatable bonds is 2. The maximum Gasteiger partial charge on any atom is 0.162 e. The molecule has 0 spiro atoms. The zero-order valence-corrected chi connectivity index (χ0v) is 9.80. The molecule has 0 saturated heterocycles. The summed E-state index contributed by atoms with van der Waals surface area (Å²) in [6.07, 6.45) is 5.75. The number of hydrogen-bond donors (Lipinski definition) is 1. The molecule has 1 aromatic carbocycles. The Morgan fingerprint density at radius 3 is 1.47 bits per heavy atom. The highest BCUT2D eigenvalue weighted by Crippen LogP contribution is 2.24. The van der Waals surface area contributed by atoms with Crippen LogP contribution in [0.2, 0.25) is 0 Å². The summed E-state index contributed by atoms with van der Waals surface area (Å²) in [6.45, 7) is 0. The Labute approximate surface area is 108 Å². The summed E-state index contributed by atoms with van der Waals surface area (Å²) in [5.41, 5.74) is 8.06. The Bertz CT molecular complexity index is 627. The number of benzene rings is 1. The van der Waals surface area contributed by atoms with Crippen molar-refractivity contribution in [2.75, 3.05) is 5.73 Å². The number of nitrogens with zero attached hydrogens (tertiary/aromatic N) is 6. The lowest BCUT2D eigenvalue weighted by atomic mass is 10.1. The maximum atomic E-state index is 5.89. The van der Waals surface area contributed by atoms with Crippen LogP contribution in [-0.2, 0) is 0 Å². The van der Waals surface area contributed by atoms with Crippen molar-refractivity contribution in [2.24, 2.45) is 0 Å². The third-order valence-corrected chi connectivity index (χ3v) is 2.46. The van der Waals surface area contributed by atoms with E-state index < -0.39 is 0 Å². The molecular formula is C12H9N7. The van der Waals surface area contributed by atoms with Crippen LogP contribution in [0, 0.1) is 0 Å². The second-order valence-corrected chi connectivity index (χ2v) is 3.77. The van der Waals surface area contributed by atoms with E-state index >= 15 is 0 Å². The van der Waals surface area contributed by atoms with Crippen molar-refractivity contribution < 1.29 is 0 Å². The normalized spacial score (nSPS) is 10.3. The highest BCUT2D eigenvalue weighted by atomic mass is 15.0. The summed E-state index contributed by atoms with van der Waals surface area (Å²) in [4.78, 5) is 24.0. The van der Waals surface area contributed by atoms with Crippen LogP contribution >= 0.6 is 0 Å². The van der Waals surface area contributed by atoms with Crippen LogP contribution in [0.5, 0.6) is 0 Å². The summed E-state index contributed by atoms with van der Waals surface area (Å²) in [6, 6.07) is 5.46. The molecule has 0 amide bonds. The quantitative estimate of drug-likeness (QED) is 0.677. The Hall–Kier alpha value is -2.96. The van der Waals surface area contributed by atoms with Crippen LogP contribution in [0.1, 0.15) is 0 Å². The molecule has 92 valence electrons. The largest absolute Gasteiger partial charge is 0.399 e. The monoisotopic (exact) mass is 251 g/mol. The van der Waals surface area contributed by atoms with Crippen molar-refractivity contribution in [1.82, 2.24) is 29.9 Å². The molecule has 0 unspecified atom stereocenters. The molecule has 0 saturated carbocycles. The molecule has 2 N–H and O–H groups in total. The fraction of sp³-hybridized carbons (Fsp3) is 0. The summed E-state index contributed by atoms with van der Waals surface area (Å²) in [7, 11) is 0. The van der Waals surface area contributed by atoms with Gasteiger partial charge in [0.2, 0.25) is 0 Å². The van der Waals surface area contributed by atoms with Gasteiger partial charge in [-0.2, -0.15) is 0 Å². The lowest BCUT2D eigenvalue weighted by Crippen LogP contribution is -1.95. The Morgan fingerprint density at radius 2 is 1.05 bits per heavy atom. The van der Waals surface area contributed by atoms with Gasteiger partial charge in [-0.1, -0.05) is 0 Å². The molecule has 0 radical (unpaired) electrons. The van der Waals surface area contributed by atoms with Crippen molar-refractivity contribution in [1.29, 1.82) is 0 Å². The van der Waals surface area contributed by atoms with E-state index in [0.29, 0.717) is 17.3 Å². The van der Waals surface area contributed by atoms with Gasteiger partial charge in [0, 0.05) is 16.8 Å². The van der Waals surface area contributed by atoms with Gasteiger partial charge in [-0.15, -0.1) is 0 Å². The topological polar surface area (TPSA) is 103 Å². The smallest absolute Gasteiger partial charge is 0.162 e. The highest BCUT2D eigenvalue weighted by Gasteiger charge is 2.07. The van der Waals surface area contributed by atoms with Crippen molar-refractivity contribution in [3.63, 3.8) is 0 Å². The molecule has 0 bridgehead atoms. The molecule has 0 aliphatic heterocycles. The number of hydrogen-bond acceptors (Lipinski definition) is 7. The van der Waals surface area contributed by atoms with Crippen LogP contribution in [-0.4, -0.2) is 29.9 Å². The molecule has 0 aliphatic carbocycles. The van der Waals surface area contributed by atoms with Crippen LogP contribution in [0.15, 0.2) is 43.5 Å². The highest BCUT2D eigenvalue weighted by molar-refractivity contribution is 5.71. The van der Waals surface area contributed by atoms with Gasteiger partial charge < -0.3 is 5.73 Å². The SMILES string of the molecule is Nc1cc(-c2ncncn2)cc(-c2ncncn2)c1. The molecule has 0 fully saturated rings. The second-order valence-electron chi connectivity index (χ2n) is 3.77.